The zero-order chi connectivity index (χ0) is 21.7. The number of nitro benzene ring substituents is 1. The maximum Gasteiger partial charge on any atom is 0.339 e. The predicted octanol–water partition coefficient (Wildman–Crippen LogP) is 4.92. The van der Waals surface area contributed by atoms with Crippen LogP contribution in [0.4, 0.5) is 15.8 Å². The summed E-state index contributed by atoms with van der Waals surface area (Å²) in [5.41, 5.74) is 0.341. The monoisotopic (exact) mass is 428 g/mol. The summed E-state index contributed by atoms with van der Waals surface area (Å²) in [7, 11) is 0. The SMILES string of the molecule is O=C(OC(C(=O)Nc1ccc([N+](=O)[O-])cc1Cl)c1ccccc1)c1ccc(F)cc1. The summed E-state index contributed by atoms with van der Waals surface area (Å²) in [4.78, 5) is 35.5. The third-order valence-corrected chi connectivity index (χ3v) is 4.38. The summed E-state index contributed by atoms with van der Waals surface area (Å²) in [5, 5.41) is 13.3. The number of halogens is 2. The average molecular weight is 429 g/mol. The summed E-state index contributed by atoms with van der Waals surface area (Å²) in [6.45, 7) is 0. The molecule has 9 heteroatoms. The number of carbonyl (C=O) groups excluding carboxylic acids is 2. The van der Waals surface area contributed by atoms with Gasteiger partial charge in [-0.2, -0.15) is 0 Å². The molecule has 1 amide bonds. The smallest absolute Gasteiger partial charge is 0.339 e. The first-order valence-electron chi connectivity index (χ1n) is 8.61. The first kappa shape index (κ1) is 20.9. The van der Waals surface area contributed by atoms with Crippen LogP contribution < -0.4 is 5.32 Å². The number of anilines is 1. The van der Waals surface area contributed by atoms with Crippen LogP contribution in [0, 0.1) is 15.9 Å². The Labute approximate surface area is 175 Å². The van der Waals surface area contributed by atoms with Crippen molar-refractivity contribution in [3.63, 3.8) is 0 Å². The topological polar surface area (TPSA) is 98.5 Å². The van der Waals surface area contributed by atoms with Crippen LogP contribution in [0.3, 0.4) is 0 Å². The number of nitrogens with one attached hydrogen (secondary N) is 1. The fourth-order valence-electron chi connectivity index (χ4n) is 2.58. The van der Waals surface area contributed by atoms with E-state index >= 15 is 0 Å². The van der Waals surface area contributed by atoms with Crippen molar-refractivity contribution in [2.75, 3.05) is 5.32 Å². The van der Waals surface area contributed by atoms with Crippen molar-refractivity contribution < 1.29 is 23.6 Å². The van der Waals surface area contributed by atoms with E-state index in [0.717, 1.165) is 18.2 Å². The van der Waals surface area contributed by atoms with Gasteiger partial charge in [-0.1, -0.05) is 41.9 Å². The van der Waals surface area contributed by atoms with Crippen molar-refractivity contribution in [1.29, 1.82) is 0 Å². The van der Waals surface area contributed by atoms with Crippen LogP contribution in [0.2, 0.25) is 5.02 Å². The van der Waals surface area contributed by atoms with E-state index in [0.29, 0.717) is 5.56 Å². The Hall–Kier alpha value is -3.78. The number of hydrogen-bond acceptors (Lipinski definition) is 5. The third-order valence-electron chi connectivity index (χ3n) is 4.07. The van der Waals surface area contributed by atoms with Crippen LogP contribution >= 0.6 is 11.6 Å². The molecule has 0 radical (unpaired) electrons. The molecule has 1 atom stereocenters. The van der Waals surface area contributed by atoms with Crippen molar-refractivity contribution in [2.24, 2.45) is 0 Å². The fraction of sp³-hybridized carbons (Fsp3) is 0.0476. The lowest BCUT2D eigenvalue weighted by Crippen LogP contribution is -2.26. The minimum Gasteiger partial charge on any atom is -0.444 e. The molecule has 0 aliphatic heterocycles. The van der Waals surface area contributed by atoms with E-state index in [2.05, 4.69) is 5.32 Å². The molecular formula is C21H14ClFN2O5. The molecule has 0 aliphatic rings. The first-order valence-corrected chi connectivity index (χ1v) is 8.99. The summed E-state index contributed by atoms with van der Waals surface area (Å²) in [6, 6.07) is 16.5. The maximum absolute atomic E-state index is 13.1. The van der Waals surface area contributed by atoms with Crippen molar-refractivity contribution >= 4 is 34.9 Å². The number of amides is 1. The van der Waals surface area contributed by atoms with Crippen LogP contribution in [-0.2, 0) is 9.53 Å². The summed E-state index contributed by atoms with van der Waals surface area (Å²) in [5.74, 6) is -2.06. The summed E-state index contributed by atoms with van der Waals surface area (Å²) >= 11 is 6.02. The molecule has 0 saturated heterocycles. The molecule has 0 aromatic heterocycles. The zero-order valence-corrected chi connectivity index (χ0v) is 16.0. The van der Waals surface area contributed by atoms with Gasteiger partial charge in [0.15, 0.2) is 0 Å². The number of carbonyl (C=O) groups is 2. The number of hydrogen-bond donors (Lipinski definition) is 1. The molecule has 0 aliphatic carbocycles. The first-order chi connectivity index (χ1) is 14.3. The minimum atomic E-state index is -1.34. The molecule has 1 N–H and O–H groups in total. The molecule has 0 fully saturated rings. The van der Waals surface area contributed by atoms with Gasteiger partial charge in [-0.25, -0.2) is 9.18 Å². The molecule has 7 nitrogen and oxygen atoms in total. The highest BCUT2D eigenvalue weighted by Gasteiger charge is 2.26. The second-order valence-electron chi connectivity index (χ2n) is 6.11. The Bertz CT molecular complexity index is 1090. The van der Waals surface area contributed by atoms with E-state index in [-0.39, 0.29) is 22.0 Å². The van der Waals surface area contributed by atoms with Crippen LogP contribution in [0.25, 0.3) is 0 Å². The van der Waals surface area contributed by atoms with Gasteiger partial charge in [0, 0.05) is 17.7 Å². The van der Waals surface area contributed by atoms with Gasteiger partial charge in [-0.3, -0.25) is 14.9 Å². The predicted molar refractivity (Wildman–Crippen MR) is 108 cm³/mol. The lowest BCUT2D eigenvalue weighted by atomic mass is 10.1. The molecule has 0 spiro atoms. The maximum atomic E-state index is 13.1. The highest BCUT2D eigenvalue weighted by Crippen LogP contribution is 2.28. The number of nitro groups is 1. The number of rotatable bonds is 6. The number of nitrogens with zero attached hydrogens (tertiary/aromatic N) is 1. The Balaban J connectivity index is 1.85. The van der Waals surface area contributed by atoms with E-state index in [1.165, 1.54) is 24.3 Å². The van der Waals surface area contributed by atoms with Gasteiger partial charge in [0.1, 0.15) is 5.82 Å². The van der Waals surface area contributed by atoms with Gasteiger partial charge in [0.25, 0.3) is 11.6 Å². The van der Waals surface area contributed by atoms with Crippen LogP contribution in [0.5, 0.6) is 0 Å². The summed E-state index contributed by atoms with van der Waals surface area (Å²) < 4.78 is 18.5. The van der Waals surface area contributed by atoms with E-state index in [1.54, 1.807) is 30.3 Å². The van der Waals surface area contributed by atoms with Crippen LogP contribution in [0.15, 0.2) is 72.8 Å². The number of ether oxygens (including phenoxy) is 1. The number of esters is 1. The lowest BCUT2D eigenvalue weighted by Gasteiger charge is -2.18. The van der Waals surface area contributed by atoms with Crippen molar-refractivity contribution in [3.8, 4) is 0 Å². The lowest BCUT2D eigenvalue weighted by molar-refractivity contribution is -0.384. The largest absolute Gasteiger partial charge is 0.444 e. The normalized spacial score (nSPS) is 11.4. The molecular weight excluding hydrogens is 415 g/mol. The zero-order valence-electron chi connectivity index (χ0n) is 15.2. The fourth-order valence-corrected chi connectivity index (χ4v) is 2.80. The minimum absolute atomic E-state index is 0.0470. The molecule has 0 saturated carbocycles. The average Bonchev–Trinajstić information content (AvgIpc) is 2.74. The van der Waals surface area contributed by atoms with Crippen LogP contribution in [0.1, 0.15) is 22.0 Å². The van der Waals surface area contributed by atoms with Crippen molar-refractivity contribution in [3.05, 3.63) is 105 Å². The van der Waals surface area contributed by atoms with Crippen molar-refractivity contribution in [2.45, 2.75) is 6.10 Å². The molecule has 30 heavy (non-hydrogen) atoms. The van der Waals surface area contributed by atoms with Gasteiger partial charge in [0.05, 0.1) is 21.2 Å². The Morgan fingerprint density at radius 3 is 2.30 bits per heavy atom. The van der Waals surface area contributed by atoms with Gasteiger partial charge in [0.2, 0.25) is 6.10 Å². The Morgan fingerprint density at radius 2 is 1.70 bits per heavy atom. The van der Waals surface area contributed by atoms with Gasteiger partial charge >= 0.3 is 5.97 Å². The molecule has 1 unspecified atom stereocenters. The van der Waals surface area contributed by atoms with E-state index in [9.17, 15) is 24.1 Å². The van der Waals surface area contributed by atoms with E-state index in [4.69, 9.17) is 16.3 Å². The summed E-state index contributed by atoms with van der Waals surface area (Å²) in [6.07, 6.45) is -1.34. The van der Waals surface area contributed by atoms with E-state index < -0.39 is 28.7 Å². The number of benzene rings is 3. The standard InChI is InChI=1S/C21H14ClFN2O5/c22-17-12-16(25(28)29)10-11-18(17)24-20(26)19(13-4-2-1-3-5-13)30-21(27)14-6-8-15(23)9-7-14/h1-12,19H,(H,24,26). The third kappa shape index (κ3) is 4.98. The second kappa shape index (κ2) is 9.15. The van der Waals surface area contributed by atoms with Gasteiger partial charge in [-0.05, 0) is 30.3 Å². The number of non-ortho nitro benzene ring substituents is 1. The quantitative estimate of drug-likeness (QED) is 0.341. The molecule has 152 valence electrons. The van der Waals surface area contributed by atoms with Crippen LogP contribution in [-0.4, -0.2) is 16.8 Å². The van der Waals surface area contributed by atoms with Crippen molar-refractivity contribution in [1.82, 2.24) is 0 Å². The highest BCUT2D eigenvalue weighted by molar-refractivity contribution is 6.34. The Kier molecular flexibility index (Phi) is 6.38. The molecule has 3 aromatic carbocycles. The van der Waals surface area contributed by atoms with Gasteiger partial charge in [-0.15, -0.1) is 0 Å². The molecule has 0 bridgehead atoms. The molecule has 0 heterocycles. The Morgan fingerprint density at radius 1 is 1.03 bits per heavy atom. The van der Waals surface area contributed by atoms with Gasteiger partial charge < -0.3 is 10.1 Å². The molecule has 3 rings (SSSR count). The second-order valence-corrected chi connectivity index (χ2v) is 6.52. The molecule has 3 aromatic rings. The van der Waals surface area contributed by atoms with E-state index in [1.807, 2.05) is 0 Å². The highest BCUT2D eigenvalue weighted by atomic mass is 35.5.